The summed E-state index contributed by atoms with van der Waals surface area (Å²) in [6, 6.07) is 7.12. The Morgan fingerprint density at radius 1 is 1.18 bits per heavy atom. The molecule has 1 aromatic carbocycles. The first-order valence-electron chi connectivity index (χ1n) is 5.87. The second-order valence-corrected chi connectivity index (χ2v) is 4.33. The van der Waals surface area contributed by atoms with Crippen LogP contribution in [0.3, 0.4) is 0 Å². The number of aryl methyl sites for hydroxylation is 1. The Labute approximate surface area is 101 Å². The zero-order valence-electron chi connectivity index (χ0n) is 10.4. The van der Waals surface area contributed by atoms with E-state index in [4.69, 9.17) is 0 Å². The molecule has 17 heavy (non-hydrogen) atoms. The van der Waals surface area contributed by atoms with E-state index in [9.17, 15) is 5.11 Å². The van der Waals surface area contributed by atoms with Crippen LogP contribution < -0.4 is 0 Å². The van der Waals surface area contributed by atoms with Crippen molar-refractivity contribution in [1.82, 2.24) is 14.8 Å². The molecule has 0 fully saturated rings. The molecule has 0 amide bonds. The minimum atomic E-state index is 0.269. The van der Waals surface area contributed by atoms with Gasteiger partial charge in [-0.25, -0.2) is 0 Å². The van der Waals surface area contributed by atoms with Gasteiger partial charge in [0.1, 0.15) is 17.4 Å². The van der Waals surface area contributed by atoms with E-state index < -0.39 is 0 Å². The molecule has 4 heteroatoms. The van der Waals surface area contributed by atoms with Crippen molar-refractivity contribution < 1.29 is 5.11 Å². The Bertz CT molecular complexity index is 500. The van der Waals surface area contributed by atoms with Crippen LogP contribution in [0.4, 0.5) is 0 Å². The van der Waals surface area contributed by atoms with E-state index in [1.165, 1.54) is 0 Å². The minimum Gasteiger partial charge on any atom is -0.508 e. The second-order valence-electron chi connectivity index (χ2n) is 4.33. The van der Waals surface area contributed by atoms with Gasteiger partial charge in [-0.1, -0.05) is 20.8 Å². The largest absolute Gasteiger partial charge is 0.508 e. The Kier molecular flexibility index (Phi) is 3.13. The lowest BCUT2D eigenvalue weighted by molar-refractivity contribution is 0.475. The molecule has 0 bridgehead atoms. The van der Waals surface area contributed by atoms with Crippen molar-refractivity contribution in [2.24, 2.45) is 0 Å². The molecule has 0 spiro atoms. The van der Waals surface area contributed by atoms with Crippen LogP contribution >= 0.6 is 0 Å². The van der Waals surface area contributed by atoms with Gasteiger partial charge in [0.05, 0.1) is 0 Å². The normalized spacial score (nSPS) is 11.1. The number of phenolic OH excluding ortho intramolecular Hbond substituents is 1. The standard InChI is InChI=1S/C13H17N3O/c1-4-12-14-15-13(9(2)3)16(12)10-5-7-11(17)8-6-10/h5-9,17H,4H2,1-3H3. The number of aromatic hydroxyl groups is 1. The molecule has 0 atom stereocenters. The van der Waals surface area contributed by atoms with Crippen LogP contribution in [0.15, 0.2) is 24.3 Å². The van der Waals surface area contributed by atoms with Crippen LogP contribution in [0.1, 0.15) is 38.3 Å². The van der Waals surface area contributed by atoms with Crippen LogP contribution in [-0.2, 0) is 6.42 Å². The number of phenols is 1. The zero-order valence-corrected chi connectivity index (χ0v) is 10.4. The summed E-state index contributed by atoms with van der Waals surface area (Å²) in [6.07, 6.45) is 0.834. The van der Waals surface area contributed by atoms with Crippen molar-refractivity contribution in [3.63, 3.8) is 0 Å². The molecule has 90 valence electrons. The van der Waals surface area contributed by atoms with E-state index in [-0.39, 0.29) is 5.75 Å². The first kappa shape index (κ1) is 11.6. The van der Waals surface area contributed by atoms with Gasteiger partial charge in [-0.15, -0.1) is 10.2 Å². The minimum absolute atomic E-state index is 0.269. The number of benzene rings is 1. The van der Waals surface area contributed by atoms with E-state index in [2.05, 4.69) is 35.5 Å². The van der Waals surface area contributed by atoms with E-state index >= 15 is 0 Å². The summed E-state index contributed by atoms with van der Waals surface area (Å²) < 4.78 is 2.06. The van der Waals surface area contributed by atoms with Crippen LogP contribution in [0.2, 0.25) is 0 Å². The molecule has 0 aliphatic carbocycles. The van der Waals surface area contributed by atoms with Crippen molar-refractivity contribution in [3.05, 3.63) is 35.9 Å². The summed E-state index contributed by atoms with van der Waals surface area (Å²) >= 11 is 0. The lowest BCUT2D eigenvalue weighted by Crippen LogP contribution is -2.06. The fraction of sp³-hybridized carbons (Fsp3) is 0.385. The highest BCUT2D eigenvalue weighted by Gasteiger charge is 2.14. The topological polar surface area (TPSA) is 50.9 Å². The summed E-state index contributed by atoms with van der Waals surface area (Å²) in [4.78, 5) is 0. The summed E-state index contributed by atoms with van der Waals surface area (Å²) in [5.74, 6) is 2.48. The first-order valence-corrected chi connectivity index (χ1v) is 5.87. The fourth-order valence-electron chi connectivity index (χ4n) is 1.82. The third-order valence-electron chi connectivity index (χ3n) is 2.70. The van der Waals surface area contributed by atoms with Gasteiger partial charge >= 0.3 is 0 Å². The summed E-state index contributed by atoms with van der Waals surface area (Å²) in [7, 11) is 0. The van der Waals surface area contributed by atoms with Gasteiger partial charge in [-0.05, 0) is 24.3 Å². The summed E-state index contributed by atoms with van der Waals surface area (Å²) in [6.45, 7) is 6.26. The number of hydrogen-bond acceptors (Lipinski definition) is 3. The van der Waals surface area contributed by atoms with Crippen molar-refractivity contribution in [2.45, 2.75) is 33.1 Å². The van der Waals surface area contributed by atoms with Crippen LogP contribution in [0.5, 0.6) is 5.75 Å². The summed E-state index contributed by atoms with van der Waals surface area (Å²) in [5, 5.41) is 17.8. The van der Waals surface area contributed by atoms with E-state index in [1.807, 2.05) is 12.1 Å². The molecule has 2 aromatic rings. The second kappa shape index (κ2) is 4.57. The average Bonchev–Trinajstić information content (AvgIpc) is 2.73. The monoisotopic (exact) mass is 231 g/mol. The molecule has 0 saturated carbocycles. The van der Waals surface area contributed by atoms with Gasteiger partial charge in [0, 0.05) is 18.0 Å². The molecule has 2 rings (SSSR count). The Morgan fingerprint density at radius 3 is 2.35 bits per heavy atom. The Balaban J connectivity index is 2.55. The molecule has 0 saturated heterocycles. The van der Waals surface area contributed by atoms with Gasteiger partial charge in [-0.2, -0.15) is 0 Å². The van der Waals surface area contributed by atoms with Crippen LogP contribution in [0.25, 0.3) is 5.69 Å². The van der Waals surface area contributed by atoms with Gasteiger partial charge in [-0.3, -0.25) is 4.57 Å². The van der Waals surface area contributed by atoms with Crippen LogP contribution in [-0.4, -0.2) is 19.9 Å². The smallest absolute Gasteiger partial charge is 0.140 e. The van der Waals surface area contributed by atoms with E-state index in [0.717, 1.165) is 23.8 Å². The maximum atomic E-state index is 9.32. The van der Waals surface area contributed by atoms with Gasteiger partial charge in [0.2, 0.25) is 0 Å². The highest BCUT2D eigenvalue weighted by Crippen LogP contribution is 2.21. The van der Waals surface area contributed by atoms with Crippen molar-refractivity contribution in [1.29, 1.82) is 0 Å². The fourth-order valence-corrected chi connectivity index (χ4v) is 1.82. The predicted molar refractivity (Wildman–Crippen MR) is 66.5 cm³/mol. The number of aromatic nitrogens is 3. The van der Waals surface area contributed by atoms with E-state index in [0.29, 0.717) is 5.92 Å². The molecule has 0 aliphatic heterocycles. The molecule has 4 nitrogen and oxygen atoms in total. The molecule has 1 aromatic heterocycles. The number of rotatable bonds is 3. The maximum Gasteiger partial charge on any atom is 0.140 e. The predicted octanol–water partition coefficient (Wildman–Crippen LogP) is 2.66. The average molecular weight is 231 g/mol. The molecule has 0 radical (unpaired) electrons. The SMILES string of the molecule is CCc1nnc(C(C)C)n1-c1ccc(O)cc1. The number of hydrogen-bond donors (Lipinski definition) is 1. The molecular formula is C13H17N3O. The van der Waals surface area contributed by atoms with Gasteiger partial charge in [0.15, 0.2) is 0 Å². The molecule has 0 aliphatic rings. The van der Waals surface area contributed by atoms with Crippen molar-refractivity contribution >= 4 is 0 Å². The first-order chi connectivity index (χ1) is 8.13. The van der Waals surface area contributed by atoms with Crippen molar-refractivity contribution in [2.75, 3.05) is 0 Å². The number of nitrogens with zero attached hydrogens (tertiary/aromatic N) is 3. The molecule has 1 N–H and O–H groups in total. The van der Waals surface area contributed by atoms with Crippen molar-refractivity contribution in [3.8, 4) is 11.4 Å². The molecule has 0 unspecified atom stereocenters. The maximum absolute atomic E-state index is 9.32. The highest BCUT2D eigenvalue weighted by molar-refractivity contribution is 5.38. The molecular weight excluding hydrogens is 214 g/mol. The highest BCUT2D eigenvalue weighted by atomic mass is 16.3. The van der Waals surface area contributed by atoms with E-state index in [1.54, 1.807) is 12.1 Å². The van der Waals surface area contributed by atoms with Gasteiger partial charge in [0.25, 0.3) is 0 Å². The quantitative estimate of drug-likeness (QED) is 0.883. The van der Waals surface area contributed by atoms with Gasteiger partial charge < -0.3 is 5.11 Å². The third kappa shape index (κ3) is 2.16. The Morgan fingerprint density at radius 2 is 1.82 bits per heavy atom. The molecule has 1 heterocycles. The summed E-state index contributed by atoms with van der Waals surface area (Å²) in [5.41, 5.74) is 0.994. The Hall–Kier alpha value is -1.84. The lowest BCUT2D eigenvalue weighted by Gasteiger charge is -2.11. The zero-order chi connectivity index (χ0) is 12.4. The third-order valence-corrected chi connectivity index (χ3v) is 2.70. The van der Waals surface area contributed by atoms with Crippen LogP contribution in [0, 0.1) is 0 Å². The lowest BCUT2D eigenvalue weighted by atomic mass is 10.2.